The van der Waals surface area contributed by atoms with Crippen molar-refractivity contribution in [2.45, 2.75) is 12.8 Å². The van der Waals surface area contributed by atoms with E-state index in [1.165, 1.54) is 0 Å². The first-order chi connectivity index (χ1) is 5.57. The van der Waals surface area contributed by atoms with Crippen LogP contribution in [0.3, 0.4) is 0 Å². The number of nitrogens with two attached hydrogens (primary N) is 1. The molecule has 0 amide bonds. The summed E-state index contributed by atoms with van der Waals surface area (Å²) in [5.74, 6) is -0.351. The smallest absolute Gasteiger partial charge is 0.303 e. The molecule has 0 radical (unpaired) electrons. The number of carbonyl (C=O) groups is 1. The van der Waals surface area contributed by atoms with E-state index in [0.717, 1.165) is 0 Å². The molecule has 0 aliphatic heterocycles. The number of carboxylic acid groups (broad SMARTS) is 1. The van der Waals surface area contributed by atoms with Gasteiger partial charge in [0.2, 0.25) is 0 Å². The second-order valence-corrected chi connectivity index (χ2v) is 2.50. The third-order valence-electron chi connectivity index (χ3n) is 1.50. The van der Waals surface area contributed by atoms with Gasteiger partial charge >= 0.3 is 5.97 Å². The largest absolute Gasteiger partial charge is 0.481 e. The summed E-state index contributed by atoms with van der Waals surface area (Å²) in [4.78, 5) is 15.6. The molecule has 0 unspecified atom stereocenters. The number of carboxylic acids is 1. The van der Waals surface area contributed by atoms with Crippen LogP contribution >= 0.6 is 0 Å². The van der Waals surface area contributed by atoms with Gasteiger partial charge in [0.15, 0.2) is 5.96 Å². The number of hydrogen-bond acceptors (Lipinski definition) is 2. The molecular formula is C7H15N3O2. The minimum Gasteiger partial charge on any atom is -0.481 e. The predicted molar refractivity (Wildman–Crippen MR) is 47.0 cm³/mol. The van der Waals surface area contributed by atoms with E-state index in [2.05, 4.69) is 4.99 Å². The highest BCUT2D eigenvalue weighted by atomic mass is 16.4. The van der Waals surface area contributed by atoms with Gasteiger partial charge in [-0.3, -0.25) is 9.79 Å². The average Bonchev–Trinajstić information content (AvgIpc) is 2.02. The zero-order chi connectivity index (χ0) is 9.56. The molecule has 0 bridgehead atoms. The highest BCUT2D eigenvalue weighted by Gasteiger charge is 2.01. The molecule has 0 aliphatic carbocycles. The van der Waals surface area contributed by atoms with Crippen LogP contribution < -0.4 is 5.73 Å². The molecular weight excluding hydrogens is 158 g/mol. The van der Waals surface area contributed by atoms with Gasteiger partial charge in [-0.1, -0.05) is 0 Å². The molecule has 5 nitrogen and oxygen atoms in total. The summed E-state index contributed by atoms with van der Waals surface area (Å²) in [6.07, 6.45) is 0.753. The maximum atomic E-state index is 10.1. The van der Waals surface area contributed by atoms with Crippen LogP contribution in [0.4, 0.5) is 0 Å². The van der Waals surface area contributed by atoms with Crippen molar-refractivity contribution < 1.29 is 9.90 Å². The molecule has 0 rings (SSSR count). The maximum absolute atomic E-state index is 10.1. The molecule has 5 heteroatoms. The lowest BCUT2D eigenvalue weighted by molar-refractivity contribution is -0.137. The lowest BCUT2D eigenvalue weighted by atomic mass is 10.3. The van der Waals surface area contributed by atoms with E-state index in [9.17, 15) is 4.79 Å². The Morgan fingerprint density at radius 2 is 2.25 bits per heavy atom. The van der Waals surface area contributed by atoms with Crippen LogP contribution in [0.1, 0.15) is 12.8 Å². The fourth-order valence-electron chi connectivity index (χ4n) is 0.753. The van der Waals surface area contributed by atoms with Crippen LogP contribution in [0.25, 0.3) is 0 Å². The zero-order valence-electron chi connectivity index (χ0n) is 7.45. The van der Waals surface area contributed by atoms with Crippen molar-refractivity contribution in [2.24, 2.45) is 10.7 Å². The third-order valence-corrected chi connectivity index (χ3v) is 1.50. The number of aliphatic carboxylic acids is 1. The summed E-state index contributed by atoms with van der Waals surface area (Å²) in [6, 6.07) is 0. The minimum atomic E-state index is -0.782. The van der Waals surface area contributed by atoms with Crippen LogP contribution in [-0.2, 0) is 4.79 Å². The highest BCUT2D eigenvalue weighted by Crippen LogP contribution is 1.92. The minimum absolute atomic E-state index is 0.168. The van der Waals surface area contributed by atoms with Gasteiger partial charge < -0.3 is 15.7 Å². The molecule has 0 aromatic carbocycles. The Balaban J connectivity index is 3.57. The Hall–Kier alpha value is -1.26. The molecule has 12 heavy (non-hydrogen) atoms. The number of nitrogens with zero attached hydrogens (tertiary/aromatic N) is 2. The Kier molecular flexibility index (Phi) is 4.83. The Bertz CT molecular complexity index is 179. The second-order valence-electron chi connectivity index (χ2n) is 2.50. The average molecular weight is 173 g/mol. The molecule has 0 aliphatic rings. The lowest BCUT2D eigenvalue weighted by Crippen LogP contribution is -2.34. The van der Waals surface area contributed by atoms with Gasteiger partial charge in [0.05, 0.1) is 0 Å². The van der Waals surface area contributed by atoms with Crippen LogP contribution in [-0.4, -0.2) is 42.6 Å². The van der Waals surface area contributed by atoms with Gasteiger partial charge in [0.1, 0.15) is 0 Å². The molecule has 70 valence electrons. The fraction of sp³-hybridized carbons (Fsp3) is 0.714. The monoisotopic (exact) mass is 173 g/mol. The maximum Gasteiger partial charge on any atom is 0.303 e. The van der Waals surface area contributed by atoms with Crippen LogP contribution in [0.5, 0.6) is 0 Å². The Morgan fingerprint density at radius 1 is 1.67 bits per heavy atom. The van der Waals surface area contributed by atoms with Gasteiger partial charge in [-0.2, -0.15) is 0 Å². The van der Waals surface area contributed by atoms with Crippen molar-refractivity contribution in [2.75, 3.05) is 20.6 Å². The summed E-state index contributed by atoms with van der Waals surface area (Å²) in [5, 5.41) is 8.34. The van der Waals surface area contributed by atoms with Gasteiger partial charge in [-0.25, -0.2) is 0 Å². The molecule has 3 N–H and O–H groups in total. The molecule has 0 saturated carbocycles. The van der Waals surface area contributed by atoms with Gasteiger partial charge in [-0.15, -0.1) is 0 Å². The summed E-state index contributed by atoms with van der Waals surface area (Å²) >= 11 is 0. The molecule has 0 saturated heterocycles. The zero-order valence-corrected chi connectivity index (χ0v) is 7.45. The van der Waals surface area contributed by atoms with Crippen LogP contribution in [0, 0.1) is 0 Å². The second kappa shape index (κ2) is 5.40. The highest BCUT2D eigenvalue weighted by molar-refractivity contribution is 5.77. The topological polar surface area (TPSA) is 78.9 Å². The number of rotatable bonds is 4. The number of guanidine groups is 1. The SMILES string of the molecule is CN=C(N)N(C)CCCC(=O)O. The number of aliphatic imine (C=N–C) groups is 1. The summed E-state index contributed by atoms with van der Waals surface area (Å²) < 4.78 is 0. The summed E-state index contributed by atoms with van der Waals surface area (Å²) in [5.41, 5.74) is 5.46. The standard InChI is InChI=1S/C7H15N3O2/c1-9-7(8)10(2)5-3-4-6(11)12/h3-5H2,1-2H3,(H2,8,9)(H,11,12). The molecule has 0 aromatic heterocycles. The van der Waals surface area contributed by atoms with E-state index in [-0.39, 0.29) is 6.42 Å². The first-order valence-electron chi connectivity index (χ1n) is 3.73. The quantitative estimate of drug-likeness (QED) is 0.453. The van der Waals surface area contributed by atoms with Crippen LogP contribution in [0.15, 0.2) is 4.99 Å². The van der Waals surface area contributed by atoms with Gasteiger partial charge in [0.25, 0.3) is 0 Å². The fourth-order valence-corrected chi connectivity index (χ4v) is 0.753. The molecule has 0 atom stereocenters. The summed E-state index contributed by atoms with van der Waals surface area (Å²) in [6.45, 7) is 0.621. The number of hydrogen-bond donors (Lipinski definition) is 2. The van der Waals surface area contributed by atoms with Crippen LogP contribution in [0.2, 0.25) is 0 Å². The third kappa shape index (κ3) is 4.54. The first kappa shape index (κ1) is 10.7. The molecule has 0 spiro atoms. The molecule has 0 fully saturated rings. The van der Waals surface area contributed by atoms with E-state index in [1.807, 2.05) is 0 Å². The van der Waals surface area contributed by atoms with Gasteiger partial charge in [0, 0.05) is 27.1 Å². The first-order valence-corrected chi connectivity index (χ1v) is 3.73. The van der Waals surface area contributed by atoms with E-state index >= 15 is 0 Å². The lowest BCUT2D eigenvalue weighted by Gasteiger charge is -2.16. The Morgan fingerprint density at radius 3 is 2.67 bits per heavy atom. The van der Waals surface area contributed by atoms with Crippen molar-refractivity contribution in [3.05, 3.63) is 0 Å². The van der Waals surface area contributed by atoms with E-state index in [1.54, 1.807) is 19.0 Å². The van der Waals surface area contributed by atoms with Crippen molar-refractivity contribution in [1.29, 1.82) is 0 Å². The van der Waals surface area contributed by atoms with Crippen molar-refractivity contribution in [3.63, 3.8) is 0 Å². The normalized spacial score (nSPS) is 11.3. The van der Waals surface area contributed by atoms with E-state index in [4.69, 9.17) is 10.8 Å². The summed E-state index contributed by atoms with van der Waals surface area (Å²) in [7, 11) is 3.38. The molecule has 0 aromatic rings. The van der Waals surface area contributed by atoms with E-state index < -0.39 is 5.97 Å². The van der Waals surface area contributed by atoms with Crippen molar-refractivity contribution in [3.8, 4) is 0 Å². The van der Waals surface area contributed by atoms with E-state index in [0.29, 0.717) is 18.9 Å². The Labute approximate surface area is 71.9 Å². The van der Waals surface area contributed by atoms with Crippen molar-refractivity contribution >= 4 is 11.9 Å². The van der Waals surface area contributed by atoms with Crippen molar-refractivity contribution in [1.82, 2.24) is 4.90 Å². The van der Waals surface area contributed by atoms with Gasteiger partial charge in [-0.05, 0) is 6.42 Å². The molecule has 0 heterocycles. The predicted octanol–water partition coefficient (Wildman–Crippen LogP) is -0.273.